The smallest absolute Gasteiger partial charge is 0.128 e. The van der Waals surface area contributed by atoms with Crippen LogP contribution >= 0.6 is 15.9 Å². The zero-order valence-corrected chi connectivity index (χ0v) is 11.1. The average molecular weight is 294 g/mol. The van der Waals surface area contributed by atoms with E-state index in [9.17, 15) is 4.39 Å². The summed E-state index contributed by atoms with van der Waals surface area (Å²) in [6.07, 6.45) is 0. The van der Waals surface area contributed by atoms with E-state index in [1.807, 2.05) is 31.2 Å². The van der Waals surface area contributed by atoms with Crippen LogP contribution in [0.2, 0.25) is 0 Å². The van der Waals surface area contributed by atoms with Crippen LogP contribution in [0.15, 0.2) is 46.9 Å². The lowest BCUT2D eigenvalue weighted by atomic mass is 10.2. The van der Waals surface area contributed by atoms with E-state index in [4.69, 9.17) is 0 Å². The largest absolute Gasteiger partial charge is 0.380 e. The highest BCUT2D eigenvalue weighted by Crippen LogP contribution is 2.26. The lowest BCUT2D eigenvalue weighted by Crippen LogP contribution is -2.02. The normalized spacial score (nSPS) is 10.3. The number of hydrogen-bond donors (Lipinski definition) is 1. The molecule has 0 saturated heterocycles. The fraction of sp³-hybridized carbons (Fsp3) is 0.143. The predicted molar refractivity (Wildman–Crippen MR) is 72.6 cm³/mol. The SMILES string of the molecule is Cc1cccc(NCc2ccccc2F)c1Br. The number of hydrogen-bond acceptors (Lipinski definition) is 1. The third-order valence-corrected chi connectivity index (χ3v) is 3.67. The van der Waals surface area contributed by atoms with Gasteiger partial charge in [-0.05, 0) is 40.5 Å². The first kappa shape index (κ1) is 12.1. The van der Waals surface area contributed by atoms with Gasteiger partial charge in [-0.2, -0.15) is 0 Å². The molecule has 0 bridgehead atoms. The molecule has 17 heavy (non-hydrogen) atoms. The van der Waals surface area contributed by atoms with Gasteiger partial charge in [0.2, 0.25) is 0 Å². The van der Waals surface area contributed by atoms with Gasteiger partial charge < -0.3 is 5.32 Å². The Morgan fingerprint density at radius 2 is 1.88 bits per heavy atom. The van der Waals surface area contributed by atoms with Crippen molar-refractivity contribution in [3.8, 4) is 0 Å². The zero-order chi connectivity index (χ0) is 12.3. The summed E-state index contributed by atoms with van der Waals surface area (Å²) in [6, 6.07) is 12.8. The van der Waals surface area contributed by atoms with Crippen LogP contribution in [-0.4, -0.2) is 0 Å². The van der Waals surface area contributed by atoms with Gasteiger partial charge in [-0.3, -0.25) is 0 Å². The Balaban J connectivity index is 2.13. The second-order valence-electron chi connectivity index (χ2n) is 3.88. The van der Waals surface area contributed by atoms with E-state index in [0.29, 0.717) is 12.1 Å². The van der Waals surface area contributed by atoms with E-state index < -0.39 is 0 Å². The molecule has 2 aromatic rings. The van der Waals surface area contributed by atoms with Crippen LogP contribution in [-0.2, 0) is 6.54 Å². The fourth-order valence-corrected chi connectivity index (χ4v) is 2.02. The van der Waals surface area contributed by atoms with Gasteiger partial charge >= 0.3 is 0 Å². The standard InChI is InChI=1S/C14H13BrFN/c1-10-5-4-8-13(14(10)15)17-9-11-6-2-3-7-12(11)16/h2-8,17H,9H2,1H3. The van der Waals surface area contributed by atoms with E-state index in [-0.39, 0.29) is 5.82 Å². The lowest BCUT2D eigenvalue weighted by molar-refractivity contribution is 0.613. The maximum absolute atomic E-state index is 13.4. The van der Waals surface area contributed by atoms with E-state index in [0.717, 1.165) is 15.7 Å². The minimum Gasteiger partial charge on any atom is -0.380 e. The monoisotopic (exact) mass is 293 g/mol. The van der Waals surface area contributed by atoms with Gasteiger partial charge in [-0.15, -0.1) is 0 Å². The Hall–Kier alpha value is -1.35. The molecular weight excluding hydrogens is 281 g/mol. The Bertz CT molecular complexity index is 525. The molecule has 1 N–H and O–H groups in total. The van der Waals surface area contributed by atoms with Gasteiger partial charge in [0.15, 0.2) is 0 Å². The maximum Gasteiger partial charge on any atom is 0.128 e. The Morgan fingerprint density at radius 3 is 2.65 bits per heavy atom. The minimum atomic E-state index is -0.177. The van der Waals surface area contributed by atoms with Gasteiger partial charge in [0.1, 0.15) is 5.82 Å². The molecule has 3 heteroatoms. The van der Waals surface area contributed by atoms with Crippen LogP contribution < -0.4 is 5.32 Å². The average Bonchev–Trinajstić information content (AvgIpc) is 2.33. The van der Waals surface area contributed by atoms with Crippen LogP contribution in [0.4, 0.5) is 10.1 Å². The van der Waals surface area contributed by atoms with Crippen molar-refractivity contribution in [1.29, 1.82) is 0 Å². The number of nitrogens with one attached hydrogen (secondary N) is 1. The van der Waals surface area contributed by atoms with E-state index in [1.54, 1.807) is 12.1 Å². The fourth-order valence-electron chi connectivity index (χ4n) is 1.62. The summed E-state index contributed by atoms with van der Waals surface area (Å²) in [4.78, 5) is 0. The molecule has 88 valence electrons. The zero-order valence-electron chi connectivity index (χ0n) is 9.50. The highest BCUT2D eigenvalue weighted by Gasteiger charge is 2.03. The molecule has 0 aliphatic rings. The Kier molecular flexibility index (Phi) is 3.79. The van der Waals surface area contributed by atoms with Gasteiger partial charge in [0.25, 0.3) is 0 Å². The van der Waals surface area contributed by atoms with Crippen molar-refractivity contribution in [2.75, 3.05) is 5.32 Å². The summed E-state index contributed by atoms with van der Waals surface area (Å²) < 4.78 is 14.4. The summed E-state index contributed by atoms with van der Waals surface area (Å²) in [5.74, 6) is -0.177. The van der Waals surface area contributed by atoms with Crippen molar-refractivity contribution < 1.29 is 4.39 Å². The van der Waals surface area contributed by atoms with E-state index in [2.05, 4.69) is 21.2 Å². The molecule has 0 aliphatic heterocycles. The molecular formula is C14H13BrFN. The Morgan fingerprint density at radius 1 is 1.12 bits per heavy atom. The Labute approximate surface area is 109 Å². The topological polar surface area (TPSA) is 12.0 Å². The second-order valence-corrected chi connectivity index (χ2v) is 4.67. The molecule has 2 rings (SSSR count). The van der Waals surface area contributed by atoms with Crippen LogP contribution in [0, 0.1) is 12.7 Å². The van der Waals surface area contributed by atoms with Crippen LogP contribution in [0.1, 0.15) is 11.1 Å². The summed E-state index contributed by atoms with van der Waals surface area (Å²) in [5.41, 5.74) is 2.80. The number of anilines is 1. The molecule has 0 fully saturated rings. The molecule has 0 saturated carbocycles. The summed E-state index contributed by atoms with van der Waals surface area (Å²) >= 11 is 3.52. The molecule has 0 radical (unpaired) electrons. The van der Waals surface area contributed by atoms with Crippen molar-refractivity contribution in [2.24, 2.45) is 0 Å². The summed E-state index contributed by atoms with van der Waals surface area (Å²) in [7, 11) is 0. The van der Waals surface area contributed by atoms with Gasteiger partial charge in [0, 0.05) is 22.3 Å². The van der Waals surface area contributed by atoms with E-state index in [1.165, 1.54) is 6.07 Å². The number of rotatable bonds is 3. The van der Waals surface area contributed by atoms with E-state index >= 15 is 0 Å². The third-order valence-electron chi connectivity index (χ3n) is 2.62. The minimum absolute atomic E-state index is 0.177. The first-order valence-electron chi connectivity index (χ1n) is 5.41. The molecule has 0 spiro atoms. The van der Waals surface area contributed by atoms with Crippen molar-refractivity contribution >= 4 is 21.6 Å². The summed E-state index contributed by atoms with van der Waals surface area (Å²) in [6.45, 7) is 2.51. The number of aryl methyl sites for hydroxylation is 1. The molecule has 0 unspecified atom stereocenters. The molecule has 2 aromatic carbocycles. The first-order chi connectivity index (χ1) is 8.18. The quantitative estimate of drug-likeness (QED) is 0.878. The van der Waals surface area contributed by atoms with Crippen LogP contribution in [0.25, 0.3) is 0 Å². The summed E-state index contributed by atoms with van der Waals surface area (Å²) in [5, 5.41) is 3.22. The number of benzene rings is 2. The van der Waals surface area contributed by atoms with Crippen molar-refractivity contribution in [3.05, 3.63) is 63.9 Å². The van der Waals surface area contributed by atoms with Crippen molar-refractivity contribution in [1.82, 2.24) is 0 Å². The number of halogens is 2. The lowest BCUT2D eigenvalue weighted by Gasteiger charge is -2.10. The van der Waals surface area contributed by atoms with Crippen molar-refractivity contribution in [2.45, 2.75) is 13.5 Å². The predicted octanol–water partition coefficient (Wildman–Crippen LogP) is 4.51. The van der Waals surface area contributed by atoms with Gasteiger partial charge in [-0.1, -0.05) is 30.3 Å². The molecule has 1 nitrogen and oxygen atoms in total. The third kappa shape index (κ3) is 2.86. The first-order valence-corrected chi connectivity index (χ1v) is 6.20. The highest BCUT2D eigenvalue weighted by molar-refractivity contribution is 9.10. The molecule has 0 heterocycles. The molecule has 0 amide bonds. The van der Waals surface area contributed by atoms with Gasteiger partial charge in [-0.25, -0.2) is 4.39 Å². The molecule has 0 aromatic heterocycles. The molecule has 0 aliphatic carbocycles. The van der Waals surface area contributed by atoms with Crippen LogP contribution in [0.3, 0.4) is 0 Å². The molecule has 0 atom stereocenters. The van der Waals surface area contributed by atoms with Crippen molar-refractivity contribution in [3.63, 3.8) is 0 Å². The highest BCUT2D eigenvalue weighted by atomic mass is 79.9. The second kappa shape index (κ2) is 5.32. The van der Waals surface area contributed by atoms with Crippen LogP contribution in [0.5, 0.6) is 0 Å². The maximum atomic E-state index is 13.4. The van der Waals surface area contributed by atoms with Gasteiger partial charge in [0.05, 0.1) is 0 Å².